The molecule has 3 rings (SSSR count). The third-order valence-corrected chi connectivity index (χ3v) is 6.31. The molecule has 186 valence electrons. The maximum Gasteiger partial charge on any atom is 0.261 e. The lowest BCUT2D eigenvalue weighted by molar-refractivity contribution is -0.141. The Morgan fingerprint density at radius 1 is 1.03 bits per heavy atom. The zero-order chi connectivity index (χ0) is 25.5. The number of imide groups is 1. The van der Waals surface area contributed by atoms with Gasteiger partial charge in [0, 0.05) is 25.6 Å². The maximum atomic E-state index is 13.3. The second-order valence-electron chi connectivity index (χ2n) is 8.78. The lowest BCUT2D eigenvalue weighted by Crippen LogP contribution is -2.49. The van der Waals surface area contributed by atoms with Gasteiger partial charge in [-0.15, -0.1) is 0 Å². The van der Waals surface area contributed by atoms with Gasteiger partial charge in [-0.1, -0.05) is 31.2 Å². The maximum absolute atomic E-state index is 13.3. The third-order valence-electron chi connectivity index (χ3n) is 6.31. The predicted octanol–water partition coefficient (Wildman–Crippen LogP) is 3.40. The number of nitrogens with one attached hydrogen (secondary N) is 1. The van der Waals surface area contributed by atoms with Gasteiger partial charge in [-0.2, -0.15) is 0 Å². The monoisotopic (exact) mass is 479 g/mol. The van der Waals surface area contributed by atoms with Crippen molar-refractivity contribution in [1.82, 2.24) is 15.1 Å². The molecule has 2 atom stereocenters. The zero-order valence-corrected chi connectivity index (χ0v) is 20.7. The van der Waals surface area contributed by atoms with Crippen molar-refractivity contribution in [3.05, 3.63) is 65.2 Å². The van der Waals surface area contributed by atoms with Crippen LogP contribution in [-0.2, 0) is 16.1 Å². The number of ether oxygens (including phenoxy) is 1. The summed E-state index contributed by atoms with van der Waals surface area (Å²) < 4.78 is 5.29. The van der Waals surface area contributed by atoms with Gasteiger partial charge in [-0.3, -0.25) is 24.1 Å². The molecule has 8 nitrogen and oxygen atoms in total. The molecule has 2 unspecified atom stereocenters. The molecule has 0 saturated carbocycles. The van der Waals surface area contributed by atoms with E-state index in [0.29, 0.717) is 23.3 Å². The first-order valence-corrected chi connectivity index (χ1v) is 11.9. The lowest BCUT2D eigenvalue weighted by atomic mass is 10.1. The van der Waals surface area contributed by atoms with Crippen molar-refractivity contribution in [1.29, 1.82) is 0 Å². The number of amides is 4. The Balaban J connectivity index is 1.69. The largest absolute Gasteiger partial charge is 0.497 e. The average molecular weight is 480 g/mol. The van der Waals surface area contributed by atoms with E-state index in [-0.39, 0.29) is 49.2 Å². The molecule has 0 saturated heterocycles. The van der Waals surface area contributed by atoms with Gasteiger partial charge in [0.25, 0.3) is 11.8 Å². The molecular formula is C27H33N3O5. The Bertz CT molecular complexity index is 1060. The van der Waals surface area contributed by atoms with Gasteiger partial charge >= 0.3 is 0 Å². The van der Waals surface area contributed by atoms with E-state index < -0.39 is 6.04 Å². The van der Waals surface area contributed by atoms with Gasteiger partial charge in [0.1, 0.15) is 11.8 Å². The van der Waals surface area contributed by atoms with Crippen LogP contribution in [0.4, 0.5) is 0 Å². The quantitative estimate of drug-likeness (QED) is 0.499. The van der Waals surface area contributed by atoms with Crippen LogP contribution in [0.15, 0.2) is 48.5 Å². The van der Waals surface area contributed by atoms with Gasteiger partial charge in [0.05, 0.1) is 18.2 Å². The number of carbonyl (C=O) groups is 4. The summed E-state index contributed by atoms with van der Waals surface area (Å²) in [5.74, 6) is -0.468. The number of rotatable bonds is 11. The molecule has 2 aromatic carbocycles. The summed E-state index contributed by atoms with van der Waals surface area (Å²) in [6, 6.07) is 13.4. The van der Waals surface area contributed by atoms with E-state index in [1.807, 2.05) is 38.1 Å². The van der Waals surface area contributed by atoms with Crippen LogP contribution in [0.1, 0.15) is 66.3 Å². The van der Waals surface area contributed by atoms with Gasteiger partial charge in [-0.05, 0) is 56.5 Å². The Morgan fingerprint density at radius 2 is 1.69 bits per heavy atom. The summed E-state index contributed by atoms with van der Waals surface area (Å²) in [6.07, 6.45) is 1.18. The molecule has 0 aliphatic carbocycles. The van der Waals surface area contributed by atoms with Crippen molar-refractivity contribution in [2.24, 2.45) is 0 Å². The summed E-state index contributed by atoms with van der Waals surface area (Å²) in [7, 11) is 1.57. The number of hydrogen-bond acceptors (Lipinski definition) is 5. The fourth-order valence-corrected chi connectivity index (χ4v) is 3.99. The highest BCUT2D eigenvalue weighted by atomic mass is 16.5. The SMILES string of the molecule is CCC(C)NC(=O)C(C)N(Cc1cccc(OC)c1)C(=O)CCCN1C(=O)c2ccccc2C1=O. The molecule has 8 heteroatoms. The number of carbonyl (C=O) groups excluding carboxylic acids is 4. The summed E-state index contributed by atoms with van der Waals surface area (Å²) in [4.78, 5) is 54.0. The topological polar surface area (TPSA) is 96.0 Å². The van der Waals surface area contributed by atoms with Crippen LogP contribution in [0.2, 0.25) is 0 Å². The molecule has 2 aromatic rings. The highest BCUT2D eigenvalue weighted by Crippen LogP contribution is 2.23. The number of hydrogen-bond donors (Lipinski definition) is 1. The van der Waals surface area contributed by atoms with Gasteiger partial charge in [-0.25, -0.2) is 0 Å². The third kappa shape index (κ3) is 6.07. The standard InChI is InChI=1S/C27H33N3O5/c1-5-18(2)28-25(32)19(3)30(17-20-10-8-11-21(16-20)35-4)24(31)14-9-15-29-26(33)22-12-6-7-13-23(22)27(29)34/h6-8,10-13,16,18-19H,5,9,14-15,17H2,1-4H3,(H,28,32). The molecule has 1 N–H and O–H groups in total. The van der Waals surface area contributed by atoms with Crippen LogP contribution < -0.4 is 10.1 Å². The van der Waals surface area contributed by atoms with Crippen LogP contribution in [0.3, 0.4) is 0 Å². The molecular weight excluding hydrogens is 446 g/mol. The van der Waals surface area contributed by atoms with Crippen LogP contribution in [0.5, 0.6) is 5.75 Å². The number of benzene rings is 2. The second kappa shape index (κ2) is 11.6. The summed E-state index contributed by atoms with van der Waals surface area (Å²) in [6.45, 7) is 5.98. The van der Waals surface area contributed by atoms with Crippen LogP contribution >= 0.6 is 0 Å². The van der Waals surface area contributed by atoms with E-state index in [2.05, 4.69) is 5.32 Å². The first-order chi connectivity index (χ1) is 16.8. The molecule has 1 aliphatic heterocycles. The van der Waals surface area contributed by atoms with E-state index in [0.717, 1.165) is 12.0 Å². The van der Waals surface area contributed by atoms with E-state index in [1.165, 1.54) is 9.80 Å². The van der Waals surface area contributed by atoms with Crippen molar-refractivity contribution >= 4 is 23.6 Å². The van der Waals surface area contributed by atoms with E-state index in [4.69, 9.17) is 4.74 Å². The van der Waals surface area contributed by atoms with Crippen molar-refractivity contribution < 1.29 is 23.9 Å². The van der Waals surface area contributed by atoms with Gasteiger partial charge < -0.3 is 15.0 Å². The minimum absolute atomic E-state index is 0.00690. The fourth-order valence-electron chi connectivity index (χ4n) is 3.99. The highest BCUT2D eigenvalue weighted by Gasteiger charge is 2.35. The van der Waals surface area contributed by atoms with E-state index in [1.54, 1.807) is 38.3 Å². The van der Waals surface area contributed by atoms with Gasteiger partial charge in [0.15, 0.2) is 0 Å². The average Bonchev–Trinajstić information content (AvgIpc) is 3.11. The minimum Gasteiger partial charge on any atom is -0.497 e. The van der Waals surface area contributed by atoms with Crippen LogP contribution in [0, 0.1) is 0 Å². The molecule has 0 fully saturated rings. The van der Waals surface area contributed by atoms with Crippen molar-refractivity contribution in [3.63, 3.8) is 0 Å². The first-order valence-electron chi connectivity index (χ1n) is 11.9. The van der Waals surface area contributed by atoms with Gasteiger partial charge in [0.2, 0.25) is 11.8 Å². The molecule has 1 heterocycles. The van der Waals surface area contributed by atoms with Crippen molar-refractivity contribution in [2.45, 2.75) is 58.7 Å². The molecule has 35 heavy (non-hydrogen) atoms. The summed E-state index contributed by atoms with van der Waals surface area (Å²) in [5.41, 5.74) is 1.61. The van der Waals surface area contributed by atoms with E-state index in [9.17, 15) is 19.2 Å². The highest BCUT2D eigenvalue weighted by molar-refractivity contribution is 6.21. The molecule has 0 spiro atoms. The second-order valence-corrected chi connectivity index (χ2v) is 8.78. The minimum atomic E-state index is -0.693. The number of nitrogens with zero attached hydrogens (tertiary/aromatic N) is 2. The molecule has 0 aromatic heterocycles. The smallest absolute Gasteiger partial charge is 0.261 e. The normalized spacial score (nSPS) is 14.3. The Morgan fingerprint density at radius 3 is 2.29 bits per heavy atom. The molecule has 0 radical (unpaired) electrons. The van der Waals surface area contributed by atoms with Crippen LogP contribution in [0.25, 0.3) is 0 Å². The van der Waals surface area contributed by atoms with Crippen molar-refractivity contribution in [3.8, 4) is 5.75 Å². The number of fused-ring (bicyclic) bond motifs is 1. The summed E-state index contributed by atoms with van der Waals surface area (Å²) in [5, 5.41) is 2.94. The zero-order valence-electron chi connectivity index (χ0n) is 20.7. The predicted molar refractivity (Wildman–Crippen MR) is 132 cm³/mol. The molecule has 1 aliphatic rings. The number of methoxy groups -OCH3 is 1. The van der Waals surface area contributed by atoms with E-state index >= 15 is 0 Å². The summed E-state index contributed by atoms with van der Waals surface area (Å²) >= 11 is 0. The molecule has 0 bridgehead atoms. The Hall–Kier alpha value is -3.68. The fraction of sp³-hybridized carbons (Fsp3) is 0.407. The lowest BCUT2D eigenvalue weighted by Gasteiger charge is -2.30. The Kier molecular flexibility index (Phi) is 8.63. The molecule has 4 amide bonds. The van der Waals surface area contributed by atoms with Crippen LogP contribution in [-0.4, -0.2) is 59.2 Å². The first kappa shape index (κ1) is 25.9. The van der Waals surface area contributed by atoms with Crippen molar-refractivity contribution in [2.75, 3.05) is 13.7 Å². The Labute approximate surface area is 206 Å².